The van der Waals surface area contributed by atoms with Crippen LogP contribution in [0, 0.1) is 0 Å². The molecule has 31 heavy (non-hydrogen) atoms. The van der Waals surface area contributed by atoms with Gasteiger partial charge in [-0.3, -0.25) is 14.7 Å². The van der Waals surface area contributed by atoms with Gasteiger partial charge in [0.25, 0.3) is 5.91 Å². The van der Waals surface area contributed by atoms with Crippen molar-refractivity contribution in [2.24, 2.45) is 0 Å². The maximum atomic E-state index is 12.1. The summed E-state index contributed by atoms with van der Waals surface area (Å²) in [4.78, 5) is 19.0. The van der Waals surface area contributed by atoms with E-state index in [1.54, 1.807) is 6.07 Å². The molecule has 0 saturated heterocycles. The van der Waals surface area contributed by atoms with Crippen LogP contribution >= 0.6 is 0 Å². The molecule has 0 spiro atoms. The van der Waals surface area contributed by atoms with E-state index in [0.717, 1.165) is 49.8 Å². The van der Waals surface area contributed by atoms with E-state index in [9.17, 15) is 4.79 Å². The zero-order chi connectivity index (χ0) is 21.0. The first-order chi connectivity index (χ1) is 15.3. The molecule has 1 aliphatic heterocycles. The van der Waals surface area contributed by atoms with E-state index in [4.69, 9.17) is 4.42 Å². The summed E-state index contributed by atoms with van der Waals surface area (Å²) >= 11 is 0. The third-order valence-electron chi connectivity index (χ3n) is 5.74. The molecule has 0 bridgehead atoms. The highest BCUT2D eigenvalue weighted by molar-refractivity contribution is 5.93. The summed E-state index contributed by atoms with van der Waals surface area (Å²) < 4.78 is 7.16. The Labute approximate surface area is 179 Å². The van der Waals surface area contributed by atoms with E-state index in [1.807, 2.05) is 12.3 Å². The number of rotatable bonds is 6. The fraction of sp³-hybridized carbons (Fsp3) is 0.304. The second kappa shape index (κ2) is 8.69. The first kappa shape index (κ1) is 19.4. The summed E-state index contributed by atoms with van der Waals surface area (Å²) in [5.74, 6) is 1.79. The van der Waals surface area contributed by atoms with Gasteiger partial charge < -0.3 is 14.3 Å². The van der Waals surface area contributed by atoms with E-state index >= 15 is 0 Å². The van der Waals surface area contributed by atoms with Crippen LogP contribution < -0.4 is 5.32 Å². The van der Waals surface area contributed by atoms with Crippen LogP contribution in [0.15, 0.2) is 59.5 Å². The first-order valence-electron chi connectivity index (χ1n) is 10.5. The Bertz CT molecular complexity index is 1180. The number of hydrogen-bond acceptors (Lipinski definition) is 6. The highest BCUT2D eigenvalue weighted by Gasteiger charge is 2.19. The Kier molecular flexibility index (Phi) is 5.45. The van der Waals surface area contributed by atoms with Gasteiger partial charge in [-0.25, -0.2) is 0 Å². The van der Waals surface area contributed by atoms with Gasteiger partial charge in [0.15, 0.2) is 0 Å². The topological polar surface area (TPSA) is 89.1 Å². The third kappa shape index (κ3) is 4.20. The Morgan fingerprint density at radius 3 is 2.97 bits per heavy atom. The van der Waals surface area contributed by atoms with E-state index in [1.165, 1.54) is 23.5 Å². The lowest BCUT2D eigenvalue weighted by atomic mass is 10.1. The number of pyridine rings is 1. The number of amides is 1. The van der Waals surface area contributed by atoms with Crippen LogP contribution in [0.4, 0.5) is 0 Å². The number of carbonyl (C=O) groups excluding carboxylic acids is 1. The van der Waals surface area contributed by atoms with Crippen molar-refractivity contribution in [3.63, 3.8) is 0 Å². The zero-order valence-electron chi connectivity index (χ0n) is 17.2. The summed E-state index contributed by atoms with van der Waals surface area (Å²) in [5.41, 5.74) is 2.86. The number of nitrogens with zero attached hydrogens (tertiary/aromatic N) is 5. The maximum absolute atomic E-state index is 12.1. The molecule has 1 aliphatic rings. The quantitative estimate of drug-likeness (QED) is 0.519. The standard InChI is InChI=1S/C23H24N6O2/c30-23(18-8-14-31-16-18)25-10-6-21-26-27-22-7-11-28(12-13-29(21)22)15-17-3-1-5-20-19(17)4-2-9-24-20/h1-5,8-9,14,16H,6-7,10-13,15H2,(H,25,30). The molecule has 0 radical (unpaired) electrons. The van der Waals surface area contributed by atoms with Crippen molar-refractivity contribution in [1.82, 2.24) is 30.0 Å². The largest absolute Gasteiger partial charge is 0.472 e. The fourth-order valence-corrected chi connectivity index (χ4v) is 4.10. The molecule has 158 valence electrons. The average molecular weight is 416 g/mol. The SMILES string of the molecule is O=C(NCCc1nnc2n1CCN(Cc1cccc3ncccc13)CC2)c1ccoc1. The number of nitrogens with one attached hydrogen (secondary N) is 1. The summed E-state index contributed by atoms with van der Waals surface area (Å²) in [6.45, 7) is 4.10. The number of hydrogen-bond donors (Lipinski definition) is 1. The van der Waals surface area contributed by atoms with Crippen LogP contribution in [0.5, 0.6) is 0 Å². The summed E-state index contributed by atoms with van der Waals surface area (Å²) in [7, 11) is 0. The number of fused-ring (bicyclic) bond motifs is 2. The van der Waals surface area contributed by atoms with Crippen molar-refractivity contribution in [3.8, 4) is 0 Å². The second-order valence-electron chi connectivity index (χ2n) is 7.72. The lowest BCUT2D eigenvalue weighted by Gasteiger charge is -2.20. The Balaban J connectivity index is 1.21. The molecule has 4 aromatic rings. The van der Waals surface area contributed by atoms with E-state index in [2.05, 4.69) is 54.2 Å². The molecule has 0 aliphatic carbocycles. The number of aromatic nitrogens is 4. The van der Waals surface area contributed by atoms with Crippen LogP contribution in [-0.4, -0.2) is 50.2 Å². The Hall–Kier alpha value is -3.52. The smallest absolute Gasteiger partial charge is 0.254 e. The predicted octanol–water partition coefficient (Wildman–Crippen LogP) is 2.45. The third-order valence-corrected chi connectivity index (χ3v) is 5.74. The van der Waals surface area contributed by atoms with Gasteiger partial charge in [-0.2, -0.15) is 0 Å². The molecule has 0 unspecified atom stereocenters. The molecule has 0 atom stereocenters. The van der Waals surface area contributed by atoms with E-state index in [-0.39, 0.29) is 5.91 Å². The highest BCUT2D eigenvalue weighted by Crippen LogP contribution is 2.19. The van der Waals surface area contributed by atoms with Crippen molar-refractivity contribution in [2.45, 2.75) is 25.9 Å². The minimum Gasteiger partial charge on any atom is -0.472 e. The number of carbonyl (C=O) groups is 1. The van der Waals surface area contributed by atoms with Gasteiger partial charge in [0.1, 0.15) is 17.9 Å². The number of benzene rings is 1. The minimum atomic E-state index is -0.139. The molecule has 1 N–H and O–H groups in total. The minimum absolute atomic E-state index is 0.139. The first-order valence-corrected chi connectivity index (χ1v) is 10.5. The highest BCUT2D eigenvalue weighted by atomic mass is 16.3. The summed E-state index contributed by atoms with van der Waals surface area (Å²) in [6.07, 6.45) is 6.28. The van der Waals surface area contributed by atoms with Gasteiger partial charge in [-0.15, -0.1) is 10.2 Å². The van der Waals surface area contributed by atoms with Gasteiger partial charge in [0, 0.05) is 57.1 Å². The normalized spacial score (nSPS) is 14.3. The Morgan fingerprint density at radius 1 is 1.10 bits per heavy atom. The van der Waals surface area contributed by atoms with Crippen molar-refractivity contribution >= 4 is 16.8 Å². The zero-order valence-corrected chi connectivity index (χ0v) is 17.2. The fourth-order valence-electron chi connectivity index (χ4n) is 4.10. The van der Waals surface area contributed by atoms with Gasteiger partial charge in [0.2, 0.25) is 0 Å². The molecule has 0 fully saturated rings. The molecule has 1 amide bonds. The average Bonchev–Trinajstić information content (AvgIpc) is 3.42. The van der Waals surface area contributed by atoms with Crippen molar-refractivity contribution in [2.75, 3.05) is 19.6 Å². The summed E-state index contributed by atoms with van der Waals surface area (Å²) in [6, 6.07) is 12.1. The molecule has 1 aromatic carbocycles. The van der Waals surface area contributed by atoms with E-state index in [0.29, 0.717) is 18.5 Å². The summed E-state index contributed by atoms with van der Waals surface area (Å²) in [5, 5.41) is 12.9. The molecule has 3 aromatic heterocycles. The monoisotopic (exact) mass is 416 g/mol. The maximum Gasteiger partial charge on any atom is 0.254 e. The van der Waals surface area contributed by atoms with Crippen LogP contribution in [0.1, 0.15) is 27.6 Å². The van der Waals surface area contributed by atoms with Crippen LogP contribution in [0.3, 0.4) is 0 Å². The molecular formula is C23H24N6O2. The second-order valence-corrected chi connectivity index (χ2v) is 7.72. The lowest BCUT2D eigenvalue weighted by molar-refractivity contribution is 0.0953. The Morgan fingerprint density at radius 2 is 2.06 bits per heavy atom. The molecule has 5 rings (SSSR count). The lowest BCUT2D eigenvalue weighted by Crippen LogP contribution is -2.28. The van der Waals surface area contributed by atoms with Gasteiger partial charge in [-0.05, 0) is 23.8 Å². The van der Waals surface area contributed by atoms with Gasteiger partial charge >= 0.3 is 0 Å². The van der Waals surface area contributed by atoms with Crippen molar-refractivity contribution in [3.05, 3.63) is 77.9 Å². The van der Waals surface area contributed by atoms with E-state index < -0.39 is 0 Å². The predicted molar refractivity (Wildman–Crippen MR) is 115 cm³/mol. The van der Waals surface area contributed by atoms with Crippen molar-refractivity contribution in [1.29, 1.82) is 0 Å². The molecular weight excluding hydrogens is 392 g/mol. The molecule has 8 nitrogen and oxygen atoms in total. The van der Waals surface area contributed by atoms with Crippen molar-refractivity contribution < 1.29 is 9.21 Å². The molecule has 4 heterocycles. The molecule has 8 heteroatoms. The van der Waals surface area contributed by atoms with Gasteiger partial charge in [0.05, 0.1) is 17.3 Å². The van der Waals surface area contributed by atoms with Crippen LogP contribution in [0.25, 0.3) is 10.9 Å². The van der Waals surface area contributed by atoms with Crippen LogP contribution in [-0.2, 0) is 25.9 Å². The van der Waals surface area contributed by atoms with Gasteiger partial charge in [-0.1, -0.05) is 18.2 Å². The number of furan rings is 1. The van der Waals surface area contributed by atoms with Crippen LogP contribution in [0.2, 0.25) is 0 Å². The molecule has 0 saturated carbocycles.